The van der Waals surface area contributed by atoms with E-state index < -0.39 is 17.5 Å². The molecule has 2 rings (SSSR count). The first-order valence-electron chi connectivity index (χ1n) is 5.44. The summed E-state index contributed by atoms with van der Waals surface area (Å²) in [4.78, 5) is 3.71. The van der Waals surface area contributed by atoms with Crippen LogP contribution in [0.5, 0.6) is 0 Å². The summed E-state index contributed by atoms with van der Waals surface area (Å²) >= 11 is 9.93. The van der Waals surface area contributed by atoms with E-state index in [1.54, 1.807) is 4.90 Å². The maximum Gasteiger partial charge on any atom is 0.194 e. The van der Waals surface area contributed by atoms with Crippen LogP contribution in [-0.2, 0) is 47.6 Å². The predicted octanol–water partition coefficient (Wildman–Crippen LogP) is 1.60. The standard InChI is InChI=1S/C11H13F3N2S2.Au/c12-8-5-7(6-9(13)10(8)14)15-1-3-16(4-2-15)11(17)18;/h5-6,11,17-18H,1-4H2;/p-2. The summed E-state index contributed by atoms with van der Waals surface area (Å²) in [5.74, 6) is -3.78. The van der Waals surface area contributed by atoms with Gasteiger partial charge in [-0.15, -0.1) is 0 Å². The fraction of sp³-hybridized carbons (Fsp3) is 0.455. The minimum Gasteiger partial charge on any atom is -0.800 e. The first kappa shape index (κ1) is 17.3. The van der Waals surface area contributed by atoms with Crippen LogP contribution in [0.4, 0.5) is 18.9 Å². The van der Waals surface area contributed by atoms with Crippen LogP contribution in [0.3, 0.4) is 0 Å². The van der Waals surface area contributed by atoms with Gasteiger partial charge < -0.3 is 35.1 Å². The van der Waals surface area contributed by atoms with E-state index in [1.165, 1.54) is 0 Å². The second-order valence-electron chi connectivity index (χ2n) is 4.05. The molecule has 1 aliphatic heterocycles. The largest absolute Gasteiger partial charge is 0.800 e. The van der Waals surface area contributed by atoms with Crippen molar-refractivity contribution in [1.29, 1.82) is 0 Å². The van der Waals surface area contributed by atoms with Gasteiger partial charge in [-0.05, 0) is 0 Å². The zero-order valence-electron chi connectivity index (χ0n) is 9.71. The number of nitrogens with zero attached hydrogens (tertiary/aromatic N) is 2. The number of hydrogen-bond donors (Lipinski definition) is 0. The Labute approximate surface area is 136 Å². The minimum absolute atomic E-state index is 0. The Morgan fingerprint density at radius 2 is 1.42 bits per heavy atom. The van der Waals surface area contributed by atoms with Gasteiger partial charge in [0, 0.05) is 66.4 Å². The average Bonchev–Trinajstić information content (AvgIpc) is 2.35. The molecule has 0 unspecified atom stereocenters. The van der Waals surface area contributed by atoms with Crippen LogP contribution in [0.15, 0.2) is 12.1 Å². The molecule has 8 heteroatoms. The van der Waals surface area contributed by atoms with Gasteiger partial charge in [-0.3, -0.25) is 0 Å². The van der Waals surface area contributed by atoms with Crippen LogP contribution < -0.4 is 4.90 Å². The summed E-state index contributed by atoms with van der Waals surface area (Å²) in [6, 6.07) is 2.01. The fourth-order valence-corrected chi connectivity index (χ4v) is 2.34. The Bertz CT molecular complexity index is 417. The molecule has 0 N–H and O–H groups in total. The number of rotatable bonds is 2. The second-order valence-corrected chi connectivity index (χ2v) is 5.24. The van der Waals surface area contributed by atoms with Crippen molar-refractivity contribution in [1.82, 2.24) is 4.90 Å². The van der Waals surface area contributed by atoms with Crippen molar-refractivity contribution in [3.63, 3.8) is 0 Å². The van der Waals surface area contributed by atoms with Crippen LogP contribution in [0.25, 0.3) is 0 Å². The van der Waals surface area contributed by atoms with Crippen molar-refractivity contribution >= 4 is 30.9 Å². The molecule has 2 nitrogen and oxygen atoms in total. The molecule has 1 aliphatic rings. The minimum atomic E-state index is -1.44. The third-order valence-electron chi connectivity index (χ3n) is 2.95. The van der Waals surface area contributed by atoms with Crippen LogP contribution >= 0.6 is 0 Å². The number of hydrogen-bond acceptors (Lipinski definition) is 4. The summed E-state index contributed by atoms with van der Waals surface area (Å²) in [6.45, 7) is 2.40. The van der Waals surface area contributed by atoms with Crippen LogP contribution in [0.2, 0.25) is 0 Å². The zero-order valence-corrected chi connectivity index (χ0v) is 13.5. The van der Waals surface area contributed by atoms with Gasteiger partial charge in [0.1, 0.15) is 0 Å². The van der Waals surface area contributed by atoms with Gasteiger partial charge in [-0.2, -0.15) is 0 Å². The SMILES string of the molecule is Fc1cc(N2CCN(C([S-])[S-])CC2)cc(F)c1F.[Au]. The van der Waals surface area contributed by atoms with E-state index >= 15 is 0 Å². The molecule has 1 radical (unpaired) electrons. The van der Waals surface area contributed by atoms with Gasteiger partial charge in [0.15, 0.2) is 17.5 Å². The molecule has 0 atom stereocenters. The molecule has 0 aliphatic carbocycles. The first-order chi connectivity index (χ1) is 8.49. The number of benzene rings is 1. The fourth-order valence-electron chi connectivity index (χ4n) is 1.92. The van der Waals surface area contributed by atoms with Crippen molar-refractivity contribution in [2.75, 3.05) is 31.1 Å². The van der Waals surface area contributed by atoms with Crippen molar-refractivity contribution in [3.05, 3.63) is 29.6 Å². The van der Waals surface area contributed by atoms with Gasteiger partial charge in [-0.25, -0.2) is 17.9 Å². The molecule has 0 saturated carbocycles. The van der Waals surface area contributed by atoms with Gasteiger partial charge in [-0.1, -0.05) is 0 Å². The summed E-state index contributed by atoms with van der Waals surface area (Å²) in [7, 11) is 0. The van der Waals surface area contributed by atoms with Gasteiger partial charge in [0.05, 0.1) is 0 Å². The van der Waals surface area contributed by atoms with E-state index in [1.807, 2.05) is 4.90 Å². The number of halogens is 3. The molecule has 1 aromatic carbocycles. The molecular weight excluding hydrogens is 478 g/mol. The Morgan fingerprint density at radius 3 is 1.84 bits per heavy atom. The number of piperazine rings is 1. The van der Waals surface area contributed by atoms with Crippen molar-refractivity contribution in [2.24, 2.45) is 0 Å². The molecule has 1 heterocycles. The van der Waals surface area contributed by atoms with Crippen molar-refractivity contribution < 1.29 is 35.6 Å². The summed E-state index contributed by atoms with van der Waals surface area (Å²) in [5.41, 5.74) is 0.344. The molecule has 111 valence electrons. The summed E-state index contributed by atoms with van der Waals surface area (Å²) < 4.78 is 38.7. The molecule has 1 saturated heterocycles. The Morgan fingerprint density at radius 1 is 0.947 bits per heavy atom. The zero-order chi connectivity index (χ0) is 13.3. The van der Waals surface area contributed by atoms with E-state index in [-0.39, 0.29) is 27.1 Å². The van der Waals surface area contributed by atoms with Crippen molar-refractivity contribution in [3.8, 4) is 0 Å². The Hall–Kier alpha value is 0.210. The summed E-state index contributed by atoms with van der Waals surface area (Å²) in [6.07, 6.45) is 0. The third-order valence-corrected chi connectivity index (χ3v) is 3.54. The van der Waals surface area contributed by atoms with E-state index in [2.05, 4.69) is 0 Å². The third kappa shape index (κ3) is 4.09. The molecule has 0 spiro atoms. The van der Waals surface area contributed by atoms with Gasteiger partial charge in [0.2, 0.25) is 0 Å². The Kier molecular flexibility index (Phi) is 6.62. The maximum absolute atomic E-state index is 13.1. The molecule has 19 heavy (non-hydrogen) atoms. The number of anilines is 1. The maximum atomic E-state index is 13.1. The Balaban J connectivity index is 0.00000180. The molecule has 0 bridgehead atoms. The van der Waals surface area contributed by atoms with E-state index in [4.69, 9.17) is 25.3 Å². The topological polar surface area (TPSA) is 6.48 Å². The monoisotopic (exact) mass is 489 g/mol. The van der Waals surface area contributed by atoms with E-state index in [0.717, 1.165) is 12.1 Å². The normalized spacial score (nSPS) is 16.6. The molecule has 1 aromatic rings. The molecule has 0 amide bonds. The first-order valence-corrected chi connectivity index (χ1v) is 6.38. The molecule has 1 fully saturated rings. The average molecular weight is 489 g/mol. The van der Waals surface area contributed by atoms with E-state index in [0.29, 0.717) is 31.9 Å². The molecule has 0 aromatic heterocycles. The smallest absolute Gasteiger partial charge is 0.194 e. The van der Waals surface area contributed by atoms with Crippen molar-refractivity contribution in [2.45, 2.75) is 4.71 Å². The summed E-state index contributed by atoms with van der Waals surface area (Å²) in [5, 5.41) is 0. The van der Waals surface area contributed by atoms with Gasteiger partial charge in [0.25, 0.3) is 0 Å². The predicted molar refractivity (Wildman–Crippen MR) is 68.6 cm³/mol. The van der Waals surface area contributed by atoms with Crippen LogP contribution in [0.1, 0.15) is 0 Å². The van der Waals surface area contributed by atoms with Crippen LogP contribution in [0, 0.1) is 17.5 Å². The van der Waals surface area contributed by atoms with Gasteiger partial charge >= 0.3 is 0 Å². The quantitative estimate of drug-likeness (QED) is 0.354. The van der Waals surface area contributed by atoms with E-state index in [9.17, 15) is 13.2 Å². The van der Waals surface area contributed by atoms with Crippen LogP contribution in [-0.4, -0.2) is 35.8 Å². The second kappa shape index (κ2) is 7.28. The molecular formula is C11H11AuF3N2S2-2.